The van der Waals surface area contributed by atoms with Gasteiger partial charge in [0.1, 0.15) is 23.5 Å². The van der Waals surface area contributed by atoms with Crippen LogP contribution in [0.15, 0.2) is 27.9 Å². The molecular formula is C24H30N6O7S. The summed E-state index contributed by atoms with van der Waals surface area (Å²) in [6, 6.07) is 4.37. The van der Waals surface area contributed by atoms with Crippen LogP contribution >= 0.6 is 0 Å². The number of aliphatic carboxylic acids is 1. The van der Waals surface area contributed by atoms with Crippen molar-refractivity contribution in [2.75, 3.05) is 32.8 Å². The van der Waals surface area contributed by atoms with Gasteiger partial charge in [0, 0.05) is 33.2 Å². The highest BCUT2D eigenvalue weighted by Gasteiger charge is 2.31. The second-order valence-corrected chi connectivity index (χ2v) is 10.8. The zero-order valence-corrected chi connectivity index (χ0v) is 22.2. The van der Waals surface area contributed by atoms with Gasteiger partial charge in [-0.2, -0.15) is 9.40 Å². The molecule has 3 aromatic rings. The van der Waals surface area contributed by atoms with Crippen LogP contribution in [0.2, 0.25) is 0 Å². The number of hydrogen-bond donors (Lipinski definition) is 2. The molecule has 3 heterocycles. The van der Waals surface area contributed by atoms with Crippen LogP contribution in [0.4, 0.5) is 0 Å². The van der Waals surface area contributed by atoms with E-state index >= 15 is 0 Å². The van der Waals surface area contributed by atoms with Crippen LogP contribution in [0.1, 0.15) is 32.4 Å². The van der Waals surface area contributed by atoms with Crippen molar-refractivity contribution in [2.45, 2.75) is 38.0 Å². The highest BCUT2D eigenvalue weighted by atomic mass is 32.2. The maximum absolute atomic E-state index is 13.5. The average molecular weight is 547 g/mol. The number of aromatic amines is 1. The molecule has 2 aromatic heterocycles. The molecule has 204 valence electrons. The van der Waals surface area contributed by atoms with Gasteiger partial charge in [-0.05, 0) is 31.5 Å². The summed E-state index contributed by atoms with van der Waals surface area (Å²) in [5.41, 5.74) is 1.36. The first kappa shape index (κ1) is 27.3. The minimum Gasteiger partial charge on any atom is -0.493 e. The number of piperazine rings is 1. The molecule has 1 aliphatic heterocycles. The number of carboxylic acids is 1. The van der Waals surface area contributed by atoms with Gasteiger partial charge in [-0.1, -0.05) is 13.3 Å². The summed E-state index contributed by atoms with van der Waals surface area (Å²) in [5, 5.41) is 13.3. The number of carbonyl (C=O) groups excluding carboxylic acids is 1. The van der Waals surface area contributed by atoms with Gasteiger partial charge in [-0.3, -0.25) is 19.1 Å². The number of aromatic nitrogens is 4. The summed E-state index contributed by atoms with van der Waals surface area (Å²) >= 11 is 0. The first-order valence-corrected chi connectivity index (χ1v) is 13.7. The fourth-order valence-electron chi connectivity index (χ4n) is 4.48. The minimum absolute atomic E-state index is 0.0212. The first-order valence-electron chi connectivity index (χ1n) is 12.3. The normalized spacial score (nSPS) is 14.7. The van der Waals surface area contributed by atoms with E-state index in [-0.39, 0.29) is 36.9 Å². The molecule has 14 heteroatoms. The standard InChI is InChI=1S/C24H30N6O7S/c1-4-6-17-21-22(28(3)27-17)24(34)26-23(25-21)16-13-15(7-8-18(16)37-5-2)38(35,36)30-11-9-29(10-12-30)19(31)14-20(32)33/h7-8,13H,4-6,9-12,14H2,1-3H3,(H,32,33)(H,25,26,34). The minimum atomic E-state index is -3.97. The van der Waals surface area contributed by atoms with Gasteiger partial charge >= 0.3 is 5.97 Å². The molecule has 0 bridgehead atoms. The van der Waals surface area contributed by atoms with Crippen LogP contribution in [0.25, 0.3) is 22.4 Å². The highest BCUT2D eigenvalue weighted by molar-refractivity contribution is 7.89. The second-order valence-electron chi connectivity index (χ2n) is 8.88. The fourth-order valence-corrected chi connectivity index (χ4v) is 5.93. The molecule has 1 fully saturated rings. The topological polar surface area (TPSA) is 168 Å². The third-order valence-electron chi connectivity index (χ3n) is 6.29. The van der Waals surface area contributed by atoms with Crippen molar-refractivity contribution >= 4 is 32.9 Å². The van der Waals surface area contributed by atoms with Gasteiger partial charge in [-0.15, -0.1) is 0 Å². The summed E-state index contributed by atoms with van der Waals surface area (Å²) in [6.07, 6.45) is 0.797. The summed E-state index contributed by atoms with van der Waals surface area (Å²) in [5.74, 6) is -1.26. The second kappa shape index (κ2) is 10.9. The van der Waals surface area contributed by atoms with E-state index in [4.69, 9.17) is 9.84 Å². The summed E-state index contributed by atoms with van der Waals surface area (Å²) < 4.78 is 35.5. The Balaban J connectivity index is 1.71. The zero-order chi connectivity index (χ0) is 27.6. The Morgan fingerprint density at radius 1 is 1.16 bits per heavy atom. The number of hydrogen-bond acceptors (Lipinski definition) is 8. The number of H-pyrrole nitrogens is 1. The van der Waals surface area contributed by atoms with Crippen molar-refractivity contribution in [2.24, 2.45) is 7.05 Å². The maximum atomic E-state index is 13.5. The third-order valence-corrected chi connectivity index (χ3v) is 8.18. The number of carboxylic acid groups (broad SMARTS) is 1. The Labute approximate surface area is 219 Å². The third kappa shape index (κ3) is 5.27. The predicted octanol–water partition coefficient (Wildman–Crippen LogP) is 0.982. The van der Waals surface area contributed by atoms with E-state index in [0.717, 1.165) is 6.42 Å². The van der Waals surface area contributed by atoms with Gasteiger partial charge in [0.05, 0.1) is 22.8 Å². The Hall–Kier alpha value is -3.78. The first-order chi connectivity index (χ1) is 18.1. The predicted molar refractivity (Wildman–Crippen MR) is 137 cm³/mol. The molecule has 1 aliphatic rings. The van der Waals surface area contributed by atoms with Crippen LogP contribution in [-0.4, -0.2) is 87.1 Å². The van der Waals surface area contributed by atoms with Gasteiger partial charge in [0.2, 0.25) is 15.9 Å². The van der Waals surface area contributed by atoms with E-state index in [0.29, 0.717) is 41.1 Å². The van der Waals surface area contributed by atoms with Gasteiger partial charge in [-0.25, -0.2) is 13.4 Å². The quantitative estimate of drug-likeness (QED) is 0.372. The van der Waals surface area contributed by atoms with Gasteiger partial charge in [0.25, 0.3) is 5.56 Å². The van der Waals surface area contributed by atoms with Crippen molar-refractivity contribution < 1.29 is 27.9 Å². The maximum Gasteiger partial charge on any atom is 0.312 e. The van der Waals surface area contributed by atoms with Crippen LogP contribution in [-0.2, 0) is 33.1 Å². The molecule has 0 atom stereocenters. The number of benzene rings is 1. The molecule has 0 saturated carbocycles. The molecule has 4 rings (SSSR count). The number of nitrogens with one attached hydrogen (secondary N) is 1. The molecule has 0 unspecified atom stereocenters. The molecule has 13 nitrogen and oxygen atoms in total. The Kier molecular flexibility index (Phi) is 7.83. The van der Waals surface area contributed by atoms with E-state index in [1.807, 2.05) is 6.92 Å². The lowest BCUT2D eigenvalue weighted by atomic mass is 10.1. The number of carbonyl (C=O) groups is 2. The SMILES string of the molecule is CCCc1nn(C)c2c(=O)[nH]c(-c3cc(S(=O)(=O)N4CCN(C(=O)CC(=O)O)CC4)ccc3OCC)nc12. The van der Waals surface area contributed by atoms with E-state index < -0.39 is 33.9 Å². The summed E-state index contributed by atoms with van der Waals surface area (Å²) in [4.78, 5) is 44.6. The number of rotatable bonds is 9. The van der Waals surface area contributed by atoms with E-state index in [9.17, 15) is 22.8 Å². The summed E-state index contributed by atoms with van der Waals surface area (Å²) in [7, 11) is -2.30. The number of ether oxygens (including phenoxy) is 1. The molecule has 1 saturated heterocycles. The van der Waals surface area contributed by atoms with Crippen molar-refractivity contribution in [3.8, 4) is 17.1 Å². The van der Waals surface area contributed by atoms with Crippen LogP contribution in [0.3, 0.4) is 0 Å². The van der Waals surface area contributed by atoms with Crippen LogP contribution in [0.5, 0.6) is 5.75 Å². The molecule has 0 radical (unpaired) electrons. The Morgan fingerprint density at radius 2 is 1.87 bits per heavy atom. The number of amides is 1. The molecule has 0 spiro atoms. The van der Waals surface area contributed by atoms with Crippen molar-refractivity contribution in [1.82, 2.24) is 29.0 Å². The Morgan fingerprint density at radius 3 is 2.50 bits per heavy atom. The van der Waals surface area contributed by atoms with Crippen molar-refractivity contribution in [3.05, 3.63) is 34.2 Å². The van der Waals surface area contributed by atoms with Gasteiger partial charge < -0.3 is 19.7 Å². The molecule has 1 aromatic carbocycles. The molecule has 1 amide bonds. The largest absolute Gasteiger partial charge is 0.493 e. The number of nitrogens with zero attached hydrogens (tertiary/aromatic N) is 5. The Bertz CT molecular complexity index is 1540. The van der Waals surface area contributed by atoms with Crippen LogP contribution in [0, 0.1) is 0 Å². The van der Waals surface area contributed by atoms with E-state index in [2.05, 4.69) is 15.1 Å². The lowest BCUT2D eigenvalue weighted by molar-refractivity contribution is -0.144. The van der Waals surface area contributed by atoms with Crippen molar-refractivity contribution in [3.63, 3.8) is 0 Å². The number of aryl methyl sites for hydroxylation is 2. The van der Waals surface area contributed by atoms with E-state index in [1.165, 1.54) is 32.1 Å². The molecule has 38 heavy (non-hydrogen) atoms. The molecule has 2 N–H and O–H groups in total. The molecule has 0 aliphatic carbocycles. The van der Waals surface area contributed by atoms with Crippen LogP contribution < -0.4 is 10.3 Å². The lowest BCUT2D eigenvalue weighted by Gasteiger charge is -2.33. The van der Waals surface area contributed by atoms with Crippen molar-refractivity contribution in [1.29, 1.82) is 0 Å². The zero-order valence-electron chi connectivity index (χ0n) is 21.4. The number of sulfonamides is 1. The van der Waals surface area contributed by atoms with E-state index in [1.54, 1.807) is 14.0 Å². The molecular weight excluding hydrogens is 516 g/mol. The fraction of sp³-hybridized carbons (Fsp3) is 0.458. The van der Waals surface area contributed by atoms with Gasteiger partial charge in [0.15, 0.2) is 5.52 Å². The average Bonchev–Trinajstić information content (AvgIpc) is 3.19. The smallest absolute Gasteiger partial charge is 0.312 e. The monoisotopic (exact) mass is 546 g/mol. The summed E-state index contributed by atoms with van der Waals surface area (Å²) in [6.45, 7) is 4.31. The lowest BCUT2D eigenvalue weighted by Crippen LogP contribution is -2.50. The highest BCUT2D eigenvalue weighted by Crippen LogP contribution is 2.32. The number of fused-ring (bicyclic) bond motifs is 1.